The molecule has 0 radical (unpaired) electrons. The molecule has 1 heterocycles. The molecule has 168 valence electrons. The molecule has 33 heavy (non-hydrogen) atoms. The number of anilines is 1. The Morgan fingerprint density at radius 2 is 1.73 bits per heavy atom. The van der Waals surface area contributed by atoms with Gasteiger partial charge >= 0.3 is 41.7 Å². The summed E-state index contributed by atoms with van der Waals surface area (Å²) in [4.78, 5) is 36.8. The number of carbonyl (C=O) groups is 3. The van der Waals surface area contributed by atoms with Crippen LogP contribution in [-0.4, -0.2) is 35.4 Å². The van der Waals surface area contributed by atoms with Crippen molar-refractivity contribution in [3.63, 3.8) is 0 Å². The van der Waals surface area contributed by atoms with Crippen molar-refractivity contribution in [3.8, 4) is 0 Å². The van der Waals surface area contributed by atoms with Crippen molar-refractivity contribution in [2.45, 2.75) is 38.7 Å². The van der Waals surface area contributed by atoms with Crippen LogP contribution in [0, 0.1) is 0 Å². The largest absolute Gasteiger partial charge is 1.00 e. The Balaban J connectivity index is 0.00000385. The van der Waals surface area contributed by atoms with Gasteiger partial charge in [-0.05, 0) is 57.0 Å². The summed E-state index contributed by atoms with van der Waals surface area (Å²) in [6, 6.07) is 15.5. The zero-order valence-electron chi connectivity index (χ0n) is 19.4. The number of methoxy groups -OCH3 is 1. The smallest absolute Gasteiger partial charge is 0.549 e. The third-order valence-corrected chi connectivity index (χ3v) is 4.76. The maximum Gasteiger partial charge on any atom is 1.00 e. The summed E-state index contributed by atoms with van der Waals surface area (Å²) in [5, 5.41) is 15.3. The monoisotopic (exact) mass is 460 g/mol. The number of carboxylic acid groups (broad SMARTS) is 1. The summed E-state index contributed by atoms with van der Waals surface area (Å²) < 4.78 is 11.4. The molecule has 3 rings (SSSR count). The quantitative estimate of drug-likeness (QED) is 0.561. The van der Waals surface area contributed by atoms with E-state index in [4.69, 9.17) is 4.74 Å². The first-order valence-electron chi connectivity index (χ1n) is 10.1. The Morgan fingerprint density at radius 3 is 2.30 bits per heavy atom. The van der Waals surface area contributed by atoms with E-state index in [1.807, 2.05) is 30.3 Å². The van der Waals surface area contributed by atoms with Gasteiger partial charge in [0, 0.05) is 22.7 Å². The van der Waals surface area contributed by atoms with E-state index in [0.29, 0.717) is 16.6 Å². The van der Waals surface area contributed by atoms with E-state index in [1.165, 1.54) is 11.7 Å². The second-order valence-electron chi connectivity index (χ2n) is 8.34. The molecule has 1 amide bonds. The van der Waals surface area contributed by atoms with Crippen LogP contribution in [0.5, 0.6) is 0 Å². The van der Waals surface area contributed by atoms with Crippen LogP contribution in [0.4, 0.5) is 15.3 Å². The number of fused-ring (bicyclic) bond motifs is 1. The molecule has 1 unspecified atom stereocenters. The van der Waals surface area contributed by atoms with Gasteiger partial charge in [0.25, 0.3) is 0 Å². The maximum atomic E-state index is 13.1. The van der Waals surface area contributed by atoms with Gasteiger partial charge in [-0.1, -0.05) is 30.3 Å². The number of hydrogen-bond acceptors (Lipinski definition) is 6. The number of carboxylic acids is 1. The number of rotatable bonds is 5. The van der Waals surface area contributed by atoms with Gasteiger partial charge in [0.2, 0.25) is 0 Å². The number of benzene rings is 2. The molecule has 0 saturated carbocycles. The standard InChI is InChI=1S/C24H26N2O6.Na/c1-24(2,3)32-23(30)26-19-11-10-17(25-22(29)31-4)13-16(19)14-20(26)18(21(27)28)12-15-8-6-5-7-9-15;/h5-11,13-14,18H,12H2,1-4H3,(H,25,29)(H,27,28);/q;+1/p-1. The molecule has 0 aliphatic heterocycles. The fourth-order valence-electron chi connectivity index (χ4n) is 3.41. The summed E-state index contributed by atoms with van der Waals surface area (Å²) in [5.74, 6) is -2.41. The number of carbonyl (C=O) groups excluding carboxylic acids is 3. The van der Waals surface area contributed by atoms with Crippen molar-refractivity contribution in [2.75, 3.05) is 12.4 Å². The molecule has 0 fully saturated rings. The average Bonchev–Trinajstić information content (AvgIpc) is 3.09. The summed E-state index contributed by atoms with van der Waals surface area (Å²) in [5.41, 5.74) is 1.12. The molecule has 0 saturated heterocycles. The Hall–Kier alpha value is -2.81. The summed E-state index contributed by atoms with van der Waals surface area (Å²) in [7, 11) is 1.25. The van der Waals surface area contributed by atoms with Crippen LogP contribution in [0.25, 0.3) is 10.9 Å². The van der Waals surface area contributed by atoms with Crippen LogP contribution in [0.15, 0.2) is 54.6 Å². The Kier molecular flexibility index (Phi) is 8.71. The van der Waals surface area contributed by atoms with Gasteiger partial charge in [-0.2, -0.15) is 0 Å². The molecule has 1 aromatic heterocycles. The van der Waals surface area contributed by atoms with Gasteiger partial charge in [0.1, 0.15) is 5.60 Å². The molecular formula is C24H25N2NaO6. The molecule has 0 bridgehead atoms. The van der Waals surface area contributed by atoms with Gasteiger partial charge < -0.3 is 19.4 Å². The van der Waals surface area contributed by atoms with E-state index in [9.17, 15) is 19.5 Å². The number of hydrogen-bond donors (Lipinski definition) is 1. The maximum absolute atomic E-state index is 13.1. The molecule has 9 heteroatoms. The van der Waals surface area contributed by atoms with E-state index in [2.05, 4.69) is 10.1 Å². The van der Waals surface area contributed by atoms with Crippen molar-refractivity contribution in [2.24, 2.45) is 0 Å². The predicted molar refractivity (Wildman–Crippen MR) is 117 cm³/mol. The van der Waals surface area contributed by atoms with E-state index in [1.54, 1.807) is 45.0 Å². The summed E-state index contributed by atoms with van der Waals surface area (Å²) in [6.07, 6.45) is -1.21. The van der Waals surface area contributed by atoms with Crippen molar-refractivity contribution >= 4 is 34.7 Å². The third kappa shape index (κ3) is 6.60. The van der Waals surface area contributed by atoms with Crippen LogP contribution in [0.1, 0.15) is 37.9 Å². The second kappa shape index (κ2) is 10.9. The fraction of sp³-hybridized carbons (Fsp3) is 0.292. The van der Waals surface area contributed by atoms with Crippen molar-refractivity contribution in [3.05, 3.63) is 65.9 Å². The normalized spacial score (nSPS) is 11.9. The van der Waals surface area contributed by atoms with Crippen molar-refractivity contribution < 1.29 is 58.5 Å². The second-order valence-corrected chi connectivity index (χ2v) is 8.34. The Labute approximate surface area is 214 Å². The van der Waals surface area contributed by atoms with Crippen molar-refractivity contribution in [1.29, 1.82) is 0 Å². The first-order chi connectivity index (χ1) is 15.1. The predicted octanol–water partition coefficient (Wildman–Crippen LogP) is 0.683. The van der Waals surface area contributed by atoms with E-state index in [-0.39, 0.29) is 41.7 Å². The minimum atomic E-state index is -1.31. The zero-order valence-corrected chi connectivity index (χ0v) is 21.4. The first-order valence-corrected chi connectivity index (χ1v) is 10.1. The van der Waals surface area contributed by atoms with E-state index >= 15 is 0 Å². The minimum Gasteiger partial charge on any atom is -0.549 e. The number of amides is 1. The molecule has 0 aliphatic carbocycles. The number of aromatic nitrogens is 1. The zero-order chi connectivity index (χ0) is 23.5. The third-order valence-electron chi connectivity index (χ3n) is 4.76. The van der Waals surface area contributed by atoms with Gasteiger partial charge in [0.15, 0.2) is 0 Å². The van der Waals surface area contributed by atoms with Gasteiger partial charge in [0.05, 0.1) is 18.6 Å². The number of nitrogens with one attached hydrogen (secondary N) is 1. The Bertz CT molecular complexity index is 1150. The summed E-state index contributed by atoms with van der Waals surface area (Å²) in [6.45, 7) is 5.19. The molecule has 2 aromatic carbocycles. The molecule has 0 aliphatic rings. The Morgan fingerprint density at radius 1 is 1.06 bits per heavy atom. The molecular weight excluding hydrogens is 435 g/mol. The van der Waals surface area contributed by atoms with E-state index < -0.39 is 29.7 Å². The average molecular weight is 460 g/mol. The van der Waals surface area contributed by atoms with Gasteiger partial charge in [-0.3, -0.25) is 5.32 Å². The SMILES string of the molecule is COC(=O)Nc1ccc2c(c1)cc(C(Cc1ccccc1)C(=O)[O-])n2C(=O)OC(C)(C)C.[Na+]. The van der Waals surface area contributed by atoms with Crippen molar-refractivity contribution in [1.82, 2.24) is 4.57 Å². The topological polar surface area (TPSA) is 110 Å². The minimum absolute atomic E-state index is 0. The van der Waals surface area contributed by atoms with Crippen LogP contribution >= 0.6 is 0 Å². The van der Waals surface area contributed by atoms with Crippen LogP contribution < -0.4 is 40.0 Å². The van der Waals surface area contributed by atoms with Crippen LogP contribution in [-0.2, 0) is 20.7 Å². The molecule has 3 aromatic rings. The molecule has 8 nitrogen and oxygen atoms in total. The first kappa shape index (κ1) is 26.4. The van der Waals surface area contributed by atoms with E-state index in [0.717, 1.165) is 5.56 Å². The van der Waals surface area contributed by atoms with Crippen LogP contribution in [0.2, 0.25) is 0 Å². The molecule has 1 N–H and O–H groups in total. The number of aliphatic carboxylic acids is 1. The summed E-state index contributed by atoms with van der Waals surface area (Å²) >= 11 is 0. The van der Waals surface area contributed by atoms with Gasteiger partial charge in [-0.25, -0.2) is 14.2 Å². The molecule has 0 spiro atoms. The fourth-order valence-corrected chi connectivity index (χ4v) is 3.41. The molecule has 1 atom stereocenters. The van der Waals surface area contributed by atoms with Gasteiger partial charge in [-0.15, -0.1) is 0 Å². The van der Waals surface area contributed by atoms with Crippen LogP contribution in [0.3, 0.4) is 0 Å². The number of nitrogens with zero attached hydrogens (tertiary/aromatic N) is 1. The number of ether oxygens (including phenoxy) is 2.